The Bertz CT molecular complexity index is 776. The number of carbonyl (C=O) groups excluding carboxylic acids is 1. The van der Waals surface area contributed by atoms with Gasteiger partial charge in [-0.3, -0.25) is 4.79 Å². The van der Waals surface area contributed by atoms with Crippen molar-refractivity contribution in [3.05, 3.63) is 70.7 Å². The molecule has 1 N–H and O–H groups in total. The number of fused-ring (bicyclic) bond motifs is 2. The van der Waals surface area contributed by atoms with Gasteiger partial charge >= 0.3 is 0 Å². The van der Waals surface area contributed by atoms with Gasteiger partial charge in [-0.2, -0.15) is 0 Å². The van der Waals surface area contributed by atoms with E-state index in [2.05, 4.69) is 17.0 Å². The standard InChI is InChI=1S/C22H24ClNO2/c23-18-8-6-16(7-9-18)12-21(26)24-19-10-11-20(24)22(14-19,15-25)13-17-4-2-1-3-5-17/h1-9,19-20,25H,10-15H2/t19-,20+,22-/m0/s1. The molecule has 2 bridgehead atoms. The number of aliphatic hydroxyl groups is 1. The maximum absolute atomic E-state index is 13.0. The van der Waals surface area contributed by atoms with Crippen molar-refractivity contribution >= 4 is 17.5 Å². The van der Waals surface area contributed by atoms with Crippen LogP contribution in [0.3, 0.4) is 0 Å². The molecule has 136 valence electrons. The predicted molar refractivity (Wildman–Crippen MR) is 103 cm³/mol. The molecule has 0 aliphatic carbocycles. The second-order valence-electron chi connectivity index (χ2n) is 7.74. The van der Waals surface area contributed by atoms with E-state index in [0.717, 1.165) is 31.2 Å². The minimum absolute atomic E-state index is 0.133. The molecule has 2 aromatic carbocycles. The van der Waals surface area contributed by atoms with Gasteiger partial charge in [-0.25, -0.2) is 0 Å². The van der Waals surface area contributed by atoms with Gasteiger partial charge in [0.25, 0.3) is 0 Å². The Hall–Kier alpha value is -1.84. The molecule has 2 aliphatic rings. The van der Waals surface area contributed by atoms with E-state index in [1.165, 1.54) is 5.56 Å². The average molecular weight is 370 g/mol. The highest BCUT2D eigenvalue weighted by Gasteiger charge is 2.56. The molecular weight excluding hydrogens is 346 g/mol. The first-order valence-corrected chi connectivity index (χ1v) is 9.69. The highest BCUT2D eigenvalue weighted by Crippen LogP contribution is 2.51. The molecule has 0 saturated carbocycles. The van der Waals surface area contributed by atoms with Gasteiger partial charge in [-0.1, -0.05) is 54.1 Å². The molecule has 4 rings (SSSR count). The van der Waals surface area contributed by atoms with Gasteiger partial charge in [0.05, 0.1) is 13.0 Å². The number of hydrogen-bond donors (Lipinski definition) is 1. The summed E-state index contributed by atoms with van der Waals surface area (Å²) in [5.41, 5.74) is 2.02. The Labute approximate surface area is 159 Å². The zero-order chi connectivity index (χ0) is 18.1. The molecule has 0 aromatic heterocycles. The first-order chi connectivity index (χ1) is 12.6. The Morgan fingerprint density at radius 1 is 1.08 bits per heavy atom. The first-order valence-electron chi connectivity index (χ1n) is 9.32. The van der Waals surface area contributed by atoms with Gasteiger partial charge in [0, 0.05) is 22.5 Å². The number of amides is 1. The number of aliphatic hydroxyl groups excluding tert-OH is 1. The van der Waals surface area contributed by atoms with Crippen molar-refractivity contribution in [2.24, 2.45) is 5.41 Å². The number of halogens is 1. The average Bonchev–Trinajstić information content (AvgIpc) is 3.21. The molecule has 0 unspecified atom stereocenters. The van der Waals surface area contributed by atoms with Crippen LogP contribution in [-0.4, -0.2) is 34.6 Å². The van der Waals surface area contributed by atoms with Crippen molar-refractivity contribution in [2.45, 2.75) is 44.2 Å². The lowest BCUT2D eigenvalue weighted by molar-refractivity contribution is -0.132. The summed E-state index contributed by atoms with van der Waals surface area (Å²) in [5, 5.41) is 11.0. The Balaban J connectivity index is 1.53. The van der Waals surface area contributed by atoms with Crippen LogP contribution in [0.1, 0.15) is 30.4 Å². The summed E-state index contributed by atoms with van der Waals surface area (Å²) in [7, 11) is 0. The summed E-state index contributed by atoms with van der Waals surface area (Å²) in [6.45, 7) is 0.133. The second kappa shape index (κ2) is 7.05. The Morgan fingerprint density at radius 3 is 2.50 bits per heavy atom. The van der Waals surface area contributed by atoms with Crippen LogP contribution in [0.15, 0.2) is 54.6 Å². The van der Waals surface area contributed by atoms with Gasteiger partial charge in [-0.05, 0) is 48.9 Å². The van der Waals surface area contributed by atoms with Crippen LogP contribution in [-0.2, 0) is 17.6 Å². The largest absolute Gasteiger partial charge is 0.396 e. The van der Waals surface area contributed by atoms with Crippen LogP contribution < -0.4 is 0 Å². The predicted octanol–water partition coefficient (Wildman–Crippen LogP) is 3.87. The highest BCUT2D eigenvalue weighted by molar-refractivity contribution is 6.30. The molecule has 2 saturated heterocycles. The van der Waals surface area contributed by atoms with Gasteiger partial charge < -0.3 is 10.0 Å². The lowest BCUT2D eigenvalue weighted by Gasteiger charge is -2.36. The van der Waals surface area contributed by atoms with Crippen molar-refractivity contribution in [1.29, 1.82) is 0 Å². The number of carbonyl (C=O) groups is 1. The summed E-state index contributed by atoms with van der Waals surface area (Å²) in [5.74, 6) is 0.170. The summed E-state index contributed by atoms with van der Waals surface area (Å²) in [6.07, 6.45) is 4.17. The van der Waals surface area contributed by atoms with Crippen LogP contribution in [0, 0.1) is 5.41 Å². The molecule has 0 spiro atoms. The Morgan fingerprint density at radius 2 is 1.81 bits per heavy atom. The lowest BCUT2D eigenvalue weighted by atomic mass is 9.70. The zero-order valence-corrected chi connectivity index (χ0v) is 15.5. The summed E-state index contributed by atoms with van der Waals surface area (Å²) in [6, 6.07) is 18.2. The van der Waals surface area contributed by atoms with Gasteiger partial charge in [-0.15, -0.1) is 0 Å². The SMILES string of the molecule is O=C(Cc1ccc(Cl)cc1)N1[C@H]2CC[C@@H]1[C@@](CO)(Cc1ccccc1)C2. The fourth-order valence-electron chi connectivity index (χ4n) is 4.95. The molecule has 3 nitrogen and oxygen atoms in total. The number of benzene rings is 2. The van der Waals surface area contributed by atoms with Crippen LogP contribution in [0.4, 0.5) is 0 Å². The van der Waals surface area contributed by atoms with Crippen molar-refractivity contribution < 1.29 is 9.90 Å². The number of hydrogen-bond acceptors (Lipinski definition) is 2. The minimum atomic E-state index is -0.208. The van der Waals surface area contributed by atoms with Crippen LogP contribution in [0.25, 0.3) is 0 Å². The smallest absolute Gasteiger partial charge is 0.227 e. The molecule has 3 atom stereocenters. The lowest BCUT2D eigenvalue weighted by Crippen LogP contribution is -2.44. The first kappa shape index (κ1) is 17.6. The Kier molecular flexibility index (Phi) is 4.76. The monoisotopic (exact) mass is 369 g/mol. The topological polar surface area (TPSA) is 40.5 Å². The van der Waals surface area contributed by atoms with Gasteiger partial charge in [0.2, 0.25) is 5.91 Å². The highest BCUT2D eigenvalue weighted by atomic mass is 35.5. The molecule has 2 aliphatic heterocycles. The second-order valence-corrected chi connectivity index (χ2v) is 8.17. The molecule has 2 heterocycles. The summed E-state index contributed by atoms with van der Waals surface area (Å²) >= 11 is 5.94. The zero-order valence-electron chi connectivity index (χ0n) is 14.8. The summed E-state index contributed by atoms with van der Waals surface area (Å²) in [4.78, 5) is 15.1. The van der Waals surface area contributed by atoms with E-state index in [9.17, 15) is 9.90 Å². The molecule has 26 heavy (non-hydrogen) atoms. The fraction of sp³-hybridized carbons (Fsp3) is 0.409. The maximum Gasteiger partial charge on any atom is 0.227 e. The van der Waals surface area contributed by atoms with Gasteiger partial charge in [0.15, 0.2) is 0 Å². The van der Waals surface area contributed by atoms with Gasteiger partial charge in [0.1, 0.15) is 0 Å². The van der Waals surface area contributed by atoms with Crippen molar-refractivity contribution in [2.75, 3.05) is 6.61 Å². The van der Waals surface area contributed by atoms with Crippen LogP contribution in [0.2, 0.25) is 5.02 Å². The third kappa shape index (κ3) is 3.15. The van der Waals surface area contributed by atoms with E-state index in [1.54, 1.807) is 0 Å². The van der Waals surface area contributed by atoms with E-state index >= 15 is 0 Å². The molecule has 4 heteroatoms. The summed E-state index contributed by atoms with van der Waals surface area (Å²) < 4.78 is 0. The third-order valence-corrected chi connectivity index (χ3v) is 6.37. The van der Waals surface area contributed by atoms with E-state index in [-0.39, 0.29) is 30.0 Å². The van der Waals surface area contributed by atoms with Crippen molar-refractivity contribution in [3.63, 3.8) is 0 Å². The van der Waals surface area contributed by atoms with E-state index in [1.807, 2.05) is 42.5 Å². The maximum atomic E-state index is 13.0. The van der Waals surface area contributed by atoms with E-state index < -0.39 is 0 Å². The molecule has 0 radical (unpaired) electrons. The molecule has 2 fully saturated rings. The number of nitrogens with zero attached hydrogens (tertiary/aromatic N) is 1. The van der Waals surface area contributed by atoms with E-state index in [0.29, 0.717) is 11.4 Å². The minimum Gasteiger partial charge on any atom is -0.396 e. The van der Waals surface area contributed by atoms with Crippen molar-refractivity contribution in [3.8, 4) is 0 Å². The molecule has 1 amide bonds. The molecular formula is C22H24ClNO2. The van der Waals surface area contributed by atoms with Crippen molar-refractivity contribution in [1.82, 2.24) is 4.90 Å². The third-order valence-electron chi connectivity index (χ3n) is 6.12. The quantitative estimate of drug-likeness (QED) is 0.869. The number of rotatable bonds is 5. The van der Waals surface area contributed by atoms with E-state index in [4.69, 9.17) is 11.6 Å². The van der Waals surface area contributed by atoms with Crippen LogP contribution >= 0.6 is 11.6 Å². The fourth-order valence-corrected chi connectivity index (χ4v) is 5.08. The van der Waals surface area contributed by atoms with Crippen LogP contribution in [0.5, 0.6) is 0 Å². The normalized spacial score (nSPS) is 27.1. The molecule has 2 aromatic rings.